The Morgan fingerprint density at radius 2 is 1.21 bits per heavy atom. The average Bonchev–Trinajstić information content (AvgIpc) is 3.91. The smallest absolute Gasteiger partial charge is 0.155 e. The van der Waals surface area contributed by atoms with Crippen molar-refractivity contribution in [3.63, 3.8) is 0 Å². The Morgan fingerprint density at radius 3 is 1.81 bits per heavy atom. The van der Waals surface area contributed by atoms with Crippen molar-refractivity contribution in [1.29, 1.82) is 0 Å². The van der Waals surface area contributed by atoms with Crippen molar-refractivity contribution in [1.82, 2.24) is 10.6 Å². The van der Waals surface area contributed by atoms with Gasteiger partial charge in [0, 0.05) is 30.3 Å². The third kappa shape index (κ3) is 6.63. The molecular formula is C56H84N2O4. The van der Waals surface area contributed by atoms with Crippen LogP contribution in [0.1, 0.15) is 171 Å². The number of nitrogens with one attached hydrogen (secondary N) is 2. The summed E-state index contributed by atoms with van der Waals surface area (Å²) in [4.78, 5) is 12.1. The number of carbonyl (C=O) groups excluding carboxylic acids is 1. The quantitative estimate of drug-likeness (QED) is 0.211. The van der Waals surface area contributed by atoms with Crippen molar-refractivity contribution in [2.45, 2.75) is 213 Å². The molecule has 19 atom stereocenters. The normalized spacial score (nSPS) is 52.9. The third-order valence-corrected chi connectivity index (χ3v) is 22.0. The standard InChI is InChI=1S/C28H43NO2.C28H41NO2/c2*1-16-11-25-26(29-15-16)18(3)28(31-25)10-8-21-22-6-5-19-12-20(30)7-9-27(19,4)24(22)13-23(21)17(2)14-28/h5,16,18,20-22,24-26,29-30H,6-15H2,1-4H3;12,16,18,21-22,24-26,29H,5-11,13-15H2,1-4H3/t16-,18+,20-,21-,22-,24-,25+,26-,27-,28-;16-,18+,21-,22-,24-,25+,26-,27-,28-/m00/s1. The van der Waals surface area contributed by atoms with Crippen LogP contribution in [-0.4, -0.2) is 65.6 Å². The summed E-state index contributed by atoms with van der Waals surface area (Å²) in [5.74, 6) is 7.69. The number of ether oxygens (including phenoxy) is 2. The zero-order valence-corrected chi connectivity index (χ0v) is 40.1. The molecule has 0 aromatic carbocycles. The minimum Gasteiger partial charge on any atom is -0.393 e. The van der Waals surface area contributed by atoms with Gasteiger partial charge in [0.2, 0.25) is 0 Å². The maximum atomic E-state index is 12.1. The highest BCUT2D eigenvalue weighted by Crippen LogP contribution is 2.66. The second-order valence-electron chi connectivity index (χ2n) is 25.1. The van der Waals surface area contributed by atoms with Crippen LogP contribution in [0.25, 0.3) is 0 Å². The SMILES string of the molecule is CC1=C2C[C@H]3[C@@H](CC=C4C[C@@H](O)CC[C@@]43C)[C@@H]2CC[C@@]2(C1)O[C@@H]1C[C@H](C)CN[C@H]1[C@H]2C.CC1=C2C[C@H]3[C@@H](CCC4=CC(=O)CC[C@@]43C)[C@@H]2CC[C@@]2(C1)O[C@@H]1C[C@H](C)CN[C@H]1[C@H]2C. The fraction of sp³-hybridized carbons (Fsp3) is 0.839. The van der Waals surface area contributed by atoms with Gasteiger partial charge in [0.05, 0.1) is 29.5 Å². The topological polar surface area (TPSA) is 79.8 Å². The summed E-state index contributed by atoms with van der Waals surface area (Å²) >= 11 is 0. The largest absolute Gasteiger partial charge is 0.393 e. The number of piperidine rings is 2. The van der Waals surface area contributed by atoms with Gasteiger partial charge < -0.3 is 25.2 Å². The van der Waals surface area contributed by atoms with E-state index < -0.39 is 0 Å². The fourth-order valence-corrected chi connectivity index (χ4v) is 18.3. The molecule has 8 aliphatic carbocycles. The van der Waals surface area contributed by atoms with Crippen LogP contribution in [-0.2, 0) is 14.3 Å². The molecule has 0 unspecified atom stereocenters. The first kappa shape index (κ1) is 43.0. The first-order valence-electron chi connectivity index (χ1n) is 26.4. The van der Waals surface area contributed by atoms with Gasteiger partial charge in [-0.05, 0) is 200 Å². The first-order chi connectivity index (χ1) is 29.6. The second kappa shape index (κ2) is 15.5. The zero-order chi connectivity index (χ0) is 43.1. The van der Waals surface area contributed by atoms with E-state index in [1.54, 1.807) is 27.9 Å². The number of allylic oxidation sites excluding steroid dienone is 5. The summed E-state index contributed by atoms with van der Waals surface area (Å²) in [6.45, 7) is 21.9. The molecular weight excluding hydrogens is 765 g/mol. The van der Waals surface area contributed by atoms with E-state index >= 15 is 0 Å². The Morgan fingerprint density at radius 1 is 0.661 bits per heavy atom. The van der Waals surface area contributed by atoms with Gasteiger partial charge in [0.15, 0.2) is 5.78 Å². The van der Waals surface area contributed by atoms with Crippen LogP contribution >= 0.6 is 0 Å². The van der Waals surface area contributed by atoms with Crippen LogP contribution in [0.4, 0.5) is 0 Å². The Labute approximate surface area is 375 Å². The molecule has 12 rings (SSSR count). The van der Waals surface area contributed by atoms with Crippen LogP contribution in [0, 0.1) is 70.0 Å². The zero-order valence-electron chi connectivity index (χ0n) is 40.1. The molecule has 62 heavy (non-hydrogen) atoms. The summed E-state index contributed by atoms with van der Waals surface area (Å²) in [6, 6.07) is 1.09. The minimum atomic E-state index is -0.107. The van der Waals surface area contributed by atoms with Crippen LogP contribution in [0.15, 0.2) is 45.6 Å². The van der Waals surface area contributed by atoms with Crippen LogP contribution in [0.3, 0.4) is 0 Å². The highest BCUT2D eigenvalue weighted by Gasteiger charge is 2.60. The monoisotopic (exact) mass is 849 g/mol. The molecule has 4 saturated heterocycles. The van der Waals surface area contributed by atoms with E-state index in [9.17, 15) is 9.90 Å². The molecule has 6 nitrogen and oxygen atoms in total. The second-order valence-corrected chi connectivity index (χ2v) is 25.1. The predicted octanol–water partition coefficient (Wildman–Crippen LogP) is 11.0. The van der Waals surface area contributed by atoms with Gasteiger partial charge in [0.1, 0.15) is 0 Å². The van der Waals surface area contributed by atoms with E-state index in [1.807, 2.05) is 6.08 Å². The number of hydrogen-bond donors (Lipinski definition) is 3. The Hall–Kier alpha value is -1.57. The maximum Gasteiger partial charge on any atom is 0.155 e. The number of rotatable bonds is 0. The van der Waals surface area contributed by atoms with E-state index in [0.717, 1.165) is 105 Å². The number of hydrogen-bond acceptors (Lipinski definition) is 6. The van der Waals surface area contributed by atoms with Gasteiger partial charge in [-0.2, -0.15) is 0 Å². The molecule has 0 amide bonds. The summed E-state index contributed by atoms with van der Waals surface area (Å²) in [5.41, 5.74) is 10.7. The predicted molar refractivity (Wildman–Crippen MR) is 248 cm³/mol. The van der Waals surface area contributed by atoms with E-state index in [4.69, 9.17) is 9.47 Å². The molecule has 342 valence electrons. The van der Waals surface area contributed by atoms with Gasteiger partial charge in [-0.3, -0.25) is 4.79 Å². The van der Waals surface area contributed by atoms with Gasteiger partial charge >= 0.3 is 0 Å². The lowest BCUT2D eigenvalue weighted by molar-refractivity contribution is -0.116. The van der Waals surface area contributed by atoms with E-state index in [0.29, 0.717) is 47.3 Å². The van der Waals surface area contributed by atoms with Crippen molar-refractivity contribution in [2.75, 3.05) is 13.1 Å². The lowest BCUT2D eigenvalue weighted by Gasteiger charge is -2.49. The molecule has 12 aliphatic rings. The van der Waals surface area contributed by atoms with Crippen molar-refractivity contribution in [2.24, 2.45) is 70.0 Å². The molecule has 4 saturated carbocycles. The van der Waals surface area contributed by atoms with Crippen molar-refractivity contribution in [3.05, 3.63) is 45.6 Å². The lowest BCUT2D eigenvalue weighted by Crippen LogP contribution is -2.48. The fourth-order valence-electron chi connectivity index (χ4n) is 18.3. The van der Waals surface area contributed by atoms with Crippen molar-refractivity contribution in [3.8, 4) is 0 Å². The third-order valence-electron chi connectivity index (χ3n) is 22.0. The molecule has 6 heteroatoms. The van der Waals surface area contributed by atoms with E-state index in [1.165, 1.54) is 76.2 Å². The highest BCUT2D eigenvalue weighted by molar-refractivity contribution is 5.91. The van der Waals surface area contributed by atoms with Crippen LogP contribution in [0.2, 0.25) is 0 Å². The number of ketones is 1. The molecule has 8 fully saturated rings. The molecule has 0 aromatic rings. The lowest BCUT2D eigenvalue weighted by atomic mass is 9.56. The number of fused-ring (bicyclic) bond motifs is 12. The highest BCUT2D eigenvalue weighted by atomic mass is 16.5. The van der Waals surface area contributed by atoms with Gasteiger partial charge in [0.25, 0.3) is 0 Å². The Balaban J connectivity index is 0.000000139. The Bertz CT molecular complexity index is 1950. The van der Waals surface area contributed by atoms with E-state index in [2.05, 4.69) is 72.1 Å². The summed E-state index contributed by atoms with van der Waals surface area (Å²) in [5, 5.41) is 18.0. The molecule has 3 N–H and O–H groups in total. The Kier molecular flexibility index (Phi) is 10.8. The van der Waals surface area contributed by atoms with Crippen molar-refractivity contribution >= 4 is 5.78 Å². The molecule has 0 aromatic heterocycles. The molecule has 0 bridgehead atoms. The first-order valence-corrected chi connectivity index (χ1v) is 26.4. The minimum absolute atomic E-state index is 0.0458. The van der Waals surface area contributed by atoms with Gasteiger partial charge in [-0.1, -0.05) is 81.1 Å². The number of carbonyl (C=O) groups is 1. The maximum absolute atomic E-state index is 12.1. The van der Waals surface area contributed by atoms with Crippen LogP contribution in [0.5, 0.6) is 0 Å². The summed E-state index contributed by atoms with van der Waals surface area (Å²) in [6.07, 6.45) is 26.3. The van der Waals surface area contributed by atoms with Gasteiger partial charge in [-0.25, -0.2) is 0 Å². The van der Waals surface area contributed by atoms with E-state index in [-0.39, 0.29) is 22.7 Å². The summed E-state index contributed by atoms with van der Waals surface area (Å²) in [7, 11) is 0. The molecule has 4 heterocycles. The summed E-state index contributed by atoms with van der Waals surface area (Å²) < 4.78 is 14.0. The average molecular weight is 849 g/mol. The molecule has 4 aliphatic heterocycles. The number of aliphatic hydroxyl groups is 1. The molecule has 2 spiro atoms. The van der Waals surface area contributed by atoms with Gasteiger partial charge in [-0.15, -0.1) is 0 Å². The van der Waals surface area contributed by atoms with Crippen LogP contribution < -0.4 is 10.6 Å². The number of aliphatic hydroxyl groups excluding tert-OH is 1. The van der Waals surface area contributed by atoms with Crippen molar-refractivity contribution < 1.29 is 19.4 Å². The molecule has 0 radical (unpaired) electrons.